The lowest BCUT2D eigenvalue weighted by Gasteiger charge is -2.26. The smallest absolute Gasteiger partial charge is 0.415 e. The first-order chi connectivity index (χ1) is 16.6. The Morgan fingerprint density at radius 3 is 2.62 bits per heavy atom. The van der Waals surface area contributed by atoms with Crippen molar-refractivity contribution in [2.45, 2.75) is 26.2 Å². The van der Waals surface area contributed by atoms with E-state index in [1.807, 2.05) is 25.1 Å². The number of hydrogen-bond acceptors (Lipinski definition) is 7. The number of aryl methyl sites for hydroxylation is 1. The van der Waals surface area contributed by atoms with Gasteiger partial charge in [-0.1, -0.05) is 19.4 Å². The van der Waals surface area contributed by atoms with E-state index < -0.39 is 6.09 Å². The number of carbonyl (C=O) groups is 1. The van der Waals surface area contributed by atoms with Crippen molar-refractivity contribution in [3.63, 3.8) is 0 Å². The Morgan fingerprint density at radius 2 is 1.82 bits per heavy atom. The van der Waals surface area contributed by atoms with Gasteiger partial charge < -0.3 is 28.3 Å². The monoisotopic (exact) mass is 465 g/mol. The highest BCUT2D eigenvalue weighted by Gasteiger charge is 2.22. The summed E-state index contributed by atoms with van der Waals surface area (Å²) in [6.45, 7) is 5.16. The second kappa shape index (κ2) is 9.77. The standard InChI is InChI=1S/C26H27NO7/c1-2-4-18-13-19-23(15-22(18)34-26(29)27-7-11-30-12-8-27)33-16-20(25(19)28)17-5-6-21-24(14-17)32-10-3-9-31-21/h5-6,13-16H,2-4,7-12H2,1H3. The molecular weight excluding hydrogens is 438 g/mol. The fourth-order valence-corrected chi connectivity index (χ4v) is 4.20. The zero-order chi connectivity index (χ0) is 23.5. The number of nitrogens with zero attached hydrogens (tertiary/aromatic N) is 1. The molecule has 5 rings (SSSR count). The van der Waals surface area contributed by atoms with Gasteiger partial charge in [0.05, 0.1) is 37.4 Å². The van der Waals surface area contributed by atoms with E-state index in [-0.39, 0.29) is 5.43 Å². The third-order valence-electron chi connectivity index (χ3n) is 6.00. The molecule has 8 heteroatoms. The van der Waals surface area contributed by atoms with Crippen LogP contribution >= 0.6 is 0 Å². The fourth-order valence-electron chi connectivity index (χ4n) is 4.20. The van der Waals surface area contributed by atoms with Crippen molar-refractivity contribution in [1.82, 2.24) is 4.90 Å². The molecule has 0 aliphatic carbocycles. The first-order valence-electron chi connectivity index (χ1n) is 11.7. The normalized spacial score (nSPS) is 15.7. The van der Waals surface area contributed by atoms with Gasteiger partial charge in [0.1, 0.15) is 17.6 Å². The third kappa shape index (κ3) is 4.46. The molecule has 0 radical (unpaired) electrons. The summed E-state index contributed by atoms with van der Waals surface area (Å²) < 4.78 is 28.3. The molecule has 0 unspecified atom stereocenters. The van der Waals surface area contributed by atoms with Crippen molar-refractivity contribution in [3.8, 4) is 28.4 Å². The van der Waals surface area contributed by atoms with Crippen LogP contribution in [0.3, 0.4) is 0 Å². The fraction of sp³-hybridized carbons (Fsp3) is 0.385. The summed E-state index contributed by atoms with van der Waals surface area (Å²) in [5.41, 5.74) is 2.13. The van der Waals surface area contributed by atoms with Gasteiger partial charge in [0.2, 0.25) is 5.43 Å². The molecule has 8 nitrogen and oxygen atoms in total. The summed E-state index contributed by atoms with van der Waals surface area (Å²) in [4.78, 5) is 27.7. The molecule has 2 aliphatic rings. The van der Waals surface area contributed by atoms with E-state index in [4.69, 9.17) is 23.4 Å². The number of rotatable bonds is 4. The minimum absolute atomic E-state index is 0.154. The Morgan fingerprint density at radius 1 is 1.03 bits per heavy atom. The van der Waals surface area contributed by atoms with E-state index in [1.165, 1.54) is 6.26 Å². The van der Waals surface area contributed by atoms with Crippen LogP contribution in [0.4, 0.5) is 4.79 Å². The van der Waals surface area contributed by atoms with Crippen LogP contribution in [0.5, 0.6) is 17.2 Å². The molecule has 0 N–H and O–H groups in total. The average Bonchev–Trinajstić information content (AvgIpc) is 3.11. The molecule has 1 amide bonds. The van der Waals surface area contributed by atoms with E-state index in [0.717, 1.165) is 18.4 Å². The number of benzene rings is 2. The number of hydrogen-bond donors (Lipinski definition) is 0. The molecule has 1 saturated heterocycles. The van der Waals surface area contributed by atoms with Crippen molar-refractivity contribution in [1.29, 1.82) is 0 Å². The number of ether oxygens (including phenoxy) is 4. The van der Waals surface area contributed by atoms with Crippen LogP contribution in [0.2, 0.25) is 0 Å². The number of amides is 1. The second-order valence-corrected chi connectivity index (χ2v) is 8.36. The van der Waals surface area contributed by atoms with Crippen molar-refractivity contribution in [2.24, 2.45) is 0 Å². The first-order valence-corrected chi connectivity index (χ1v) is 11.7. The van der Waals surface area contributed by atoms with Gasteiger partial charge in [-0.2, -0.15) is 0 Å². The van der Waals surface area contributed by atoms with Gasteiger partial charge in [-0.15, -0.1) is 0 Å². The second-order valence-electron chi connectivity index (χ2n) is 8.36. The summed E-state index contributed by atoms with van der Waals surface area (Å²) >= 11 is 0. The zero-order valence-corrected chi connectivity index (χ0v) is 19.1. The highest BCUT2D eigenvalue weighted by molar-refractivity contribution is 5.85. The number of morpholine rings is 1. The molecule has 0 bridgehead atoms. The lowest BCUT2D eigenvalue weighted by molar-refractivity contribution is 0.0415. The van der Waals surface area contributed by atoms with Crippen molar-refractivity contribution in [3.05, 3.63) is 52.4 Å². The van der Waals surface area contributed by atoms with Gasteiger partial charge in [-0.3, -0.25) is 4.79 Å². The predicted molar refractivity (Wildman–Crippen MR) is 126 cm³/mol. The van der Waals surface area contributed by atoms with Crippen molar-refractivity contribution < 1.29 is 28.2 Å². The van der Waals surface area contributed by atoms with Crippen LogP contribution in [0, 0.1) is 0 Å². The lowest BCUT2D eigenvalue weighted by atomic mass is 10.0. The molecule has 0 atom stereocenters. The minimum Gasteiger partial charge on any atom is -0.490 e. The summed E-state index contributed by atoms with van der Waals surface area (Å²) in [5.74, 6) is 1.70. The first kappa shape index (κ1) is 22.3. The van der Waals surface area contributed by atoms with Crippen LogP contribution in [-0.4, -0.2) is 50.5 Å². The molecule has 0 spiro atoms. The van der Waals surface area contributed by atoms with Crippen molar-refractivity contribution in [2.75, 3.05) is 39.5 Å². The molecule has 0 saturated carbocycles. The molecule has 3 heterocycles. The average molecular weight is 466 g/mol. The van der Waals surface area contributed by atoms with E-state index in [0.29, 0.717) is 85.3 Å². The molecule has 2 aliphatic heterocycles. The summed E-state index contributed by atoms with van der Waals surface area (Å²) in [7, 11) is 0. The number of carbonyl (C=O) groups excluding carboxylic acids is 1. The molecule has 34 heavy (non-hydrogen) atoms. The van der Waals surface area contributed by atoms with Crippen LogP contribution in [0.15, 0.2) is 45.8 Å². The van der Waals surface area contributed by atoms with E-state index in [1.54, 1.807) is 17.0 Å². The van der Waals surface area contributed by atoms with Gasteiger partial charge >= 0.3 is 6.09 Å². The Balaban J connectivity index is 1.51. The maximum atomic E-state index is 13.4. The van der Waals surface area contributed by atoms with Crippen molar-refractivity contribution >= 4 is 17.1 Å². The van der Waals surface area contributed by atoms with Crippen LogP contribution in [-0.2, 0) is 11.2 Å². The molecule has 1 fully saturated rings. The van der Waals surface area contributed by atoms with Gasteiger partial charge in [0, 0.05) is 25.6 Å². The topological polar surface area (TPSA) is 87.4 Å². The molecule has 3 aromatic rings. The Bertz CT molecular complexity index is 1260. The zero-order valence-electron chi connectivity index (χ0n) is 19.1. The van der Waals surface area contributed by atoms with Crippen LogP contribution < -0.4 is 19.6 Å². The minimum atomic E-state index is -0.425. The van der Waals surface area contributed by atoms with E-state index >= 15 is 0 Å². The highest BCUT2D eigenvalue weighted by atomic mass is 16.6. The molecule has 178 valence electrons. The maximum Gasteiger partial charge on any atom is 0.415 e. The largest absolute Gasteiger partial charge is 0.490 e. The predicted octanol–water partition coefficient (Wildman–Crippen LogP) is 4.40. The van der Waals surface area contributed by atoms with Gasteiger partial charge in [-0.25, -0.2) is 4.79 Å². The quantitative estimate of drug-likeness (QED) is 0.564. The van der Waals surface area contributed by atoms with E-state index in [9.17, 15) is 9.59 Å². The van der Waals surface area contributed by atoms with Gasteiger partial charge in [0.25, 0.3) is 0 Å². The van der Waals surface area contributed by atoms with Gasteiger partial charge in [0.15, 0.2) is 11.5 Å². The summed E-state index contributed by atoms with van der Waals surface area (Å²) in [6, 6.07) is 8.87. The lowest BCUT2D eigenvalue weighted by Crippen LogP contribution is -2.42. The van der Waals surface area contributed by atoms with Crippen LogP contribution in [0.1, 0.15) is 25.3 Å². The Kier molecular flexibility index (Phi) is 6.40. The van der Waals surface area contributed by atoms with Gasteiger partial charge in [-0.05, 0) is 35.7 Å². The Labute approximate surface area is 197 Å². The molecule has 2 aromatic carbocycles. The summed E-state index contributed by atoms with van der Waals surface area (Å²) in [5, 5.41) is 0.444. The Hall–Kier alpha value is -3.52. The SMILES string of the molecule is CCCc1cc2c(=O)c(-c3ccc4c(c3)OCCCO4)coc2cc1OC(=O)N1CCOCC1. The van der Waals surface area contributed by atoms with Crippen LogP contribution in [0.25, 0.3) is 22.1 Å². The summed E-state index contributed by atoms with van der Waals surface area (Å²) in [6.07, 6.45) is 3.32. The van der Waals surface area contributed by atoms with E-state index in [2.05, 4.69) is 0 Å². The molecule has 1 aromatic heterocycles. The molecular formula is C26H27NO7. The maximum absolute atomic E-state index is 13.4. The third-order valence-corrected chi connectivity index (χ3v) is 6.00. The highest BCUT2D eigenvalue weighted by Crippen LogP contribution is 2.34. The number of fused-ring (bicyclic) bond motifs is 2.